The minimum Gasteiger partial charge on any atom is -0.744 e. The quantitative estimate of drug-likeness (QED) is 0.0909. The maximum atomic E-state index is 12.8. The van der Waals surface area contributed by atoms with E-state index in [-0.39, 0.29) is 131 Å². The molecule has 0 aliphatic carbocycles. The largest absolute Gasteiger partial charge is 1.00 e. The predicted molar refractivity (Wildman–Crippen MR) is 267 cm³/mol. The van der Waals surface area contributed by atoms with Crippen molar-refractivity contribution in [1.82, 2.24) is 0 Å². The number of hydrogen-bond acceptors (Lipinski definition) is 14. The third-order valence-corrected chi connectivity index (χ3v) is 13.6. The van der Waals surface area contributed by atoms with Crippen LogP contribution in [-0.2, 0) is 40.4 Å². The van der Waals surface area contributed by atoms with Gasteiger partial charge in [-0.05, 0) is 130 Å². The average molecular weight is 1070 g/mol. The molecule has 14 nitrogen and oxygen atoms in total. The first-order chi connectivity index (χ1) is 31.4. The SMILES string of the molecule is C.C.C.C.O=S(=O)([O-])c1cc(S(=O)(=O)c2c[c-]ccc2)ccc1Oc1ccc(-c2ccc(O)cc2)cc1.O=S(=O)(c1ccccc1)c1ccc(Oc2ccc(-c3ccc(O)cc3)cc2)cc1.O=S(=O)=O.[Na+].[Na+]. The second-order valence-corrected chi connectivity index (χ2v) is 19.3. The van der Waals surface area contributed by atoms with Gasteiger partial charge in [0.15, 0.2) is 9.84 Å². The predicted octanol–water partition coefficient (Wildman–Crippen LogP) is 5.62. The number of hydrogen-bond donors (Lipinski definition) is 2. The van der Waals surface area contributed by atoms with Gasteiger partial charge in [0.2, 0.25) is 9.84 Å². The molecule has 0 unspecified atom stereocenters. The van der Waals surface area contributed by atoms with Crippen molar-refractivity contribution in [2.45, 2.75) is 54.2 Å². The van der Waals surface area contributed by atoms with Gasteiger partial charge in [0, 0.05) is 0 Å². The van der Waals surface area contributed by atoms with Gasteiger partial charge >= 0.3 is 69.7 Å². The summed E-state index contributed by atoms with van der Waals surface area (Å²) in [6, 6.07) is 53.8. The van der Waals surface area contributed by atoms with Gasteiger partial charge in [0.05, 0.1) is 19.6 Å². The molecule has 0 bridgehead atoms. The van der Waals surface area contributed by atoms with Crippen LogP contribution < -0.4 is 68.6 Å². The molecule has 20 heteroatoms. The number of ether oxygens (including phenoxy) is 2. The van der Waals surface area contributed by atoms with Crippen LogP contribution in [-0.4, -0.2) is 52.6 Å². The van der Waals surface area contributed by atoms with Gasteiger partial charge in [0.1, 0.15) is 44.6 Å². The Kier molecular flexibility index (Phi) is 27.5. The van der Waals surface area contributed by atoms with Crippen molar-refractivity contribution in [3.63, 3.8) is 0 Å². The molecule has 0 aliphatic heterocycles. The Morgan fingerprint density at radius 1 is 0.431 bits per heavy atom. The Morgan fingerprint density at radius 2 is 0.778 bits per heavy atom. The number of phenolic OH excluding ortho intramolecular Hbond substituents is 2. The van der Waals surface area contributed by atoms with E-state index in [2.05, 4.69) is 6.07 Å². The molecule has 0 spiro atoms. The zero-order valence-electron chi connectivity index (χ0n) is 35.9. The van der Waals surface area contributed by atoms with E-state index in [0.717, 1.165) is 34.4 Å². The molecule has 0 saturated carbocycles. The first-order valence-electron chi connectivity index (χ1n) is 19.0. The summed E-state index contributed by atoms with van der Waals surface area (Å²) in [6.07, 6.45) is 0. The summed E-state index contributed by atoms with van der Waals surface area (Å²) in [7, 11) is -15.8. The molecule has 72 heavy (non-hydrogen) atoms. The summed E-state index contributed by atoms with van der Waals surface area (Å²) in [6.45, 7) is 0. The monoisotopic (exact) mass is 1070 g/mol. The molecule has 2 N–H and O–H groups in total. The van der Waals surface area contributed by atoms with E-state index in [0.29, 0.717) is 11.5 Å². The Balaban J connectivity index is 0.00000122. The second-order valence-electron chi connectivity index (χ2n) is 13.6. The summed E-state index contributed by atoms with van der Waals surface area (Å²) in [5.74, 6) is 1.52. The molecular formula is C52H50Na2O14S4. The van der Waals surface area contributed by atoms with Crippen LogP contribution in [0.25, 0.3) is 22.3 Å². The Labute approximate surface area is 468 Å². The second kappa shape index (κ2) is 29.8. The van der Waals surface area contributed by atoms with Crippen molar-refractivity contribution in [2.75, 3.05) is 0 Å². The van der Waals surface area contributed by atoms with Crippen LogP contribution in [0.15, 0.2) is 219 Å². The van der Waals surface area contributed by atoms with Gasteiger partial charge in [-0.1, -0.05) is 96.4 Å². The standard InChI is InChI=1S/C24H17O7S2.C24H18O4S.4CH4.2Na.O3S/c25-19-10-6-17(7-11-19)18-8-12-20(13-9-18)31-23-15-14-22(16-24(23)33(28,29)30)32(26,27)21-4-2-1-3-5-21;25-20-10-6-18(7-11-20)19-8-12-21(13-9-19)28-22-14-16-24(17-15-22)29(26,27)23-4-2-1-3-5-23;;;;;;;1-4(2)3/h1-2,4-16,25H,(H,28,29,30);1-17,25H;4*1H4;;;/q-1;;;;;;2*+1;/p-1. The van der Waals surface area contributed by atoms with Gasteiger partial charge in [-0.2, -0.15) is 30.3 Å². The Morgan fingerprint density at radius 3 is 1.18 bits per heavy atom. The number of phenols is 2. The zero-order chi connectivity index (χ0) is 47.5. The van der Waals surface area contributed by atoms with Crippen LogP contribution in [0.1, 0.15) is 29.7 Å². The molecule has 0 aromatic heterocycles. The minimum atomic E-state index is -5.04. The number of aromatic hydroxyl groups is 2. The maximum absolute atomic E-state index is 12.8. The van der Waals surface area contributed by atoms with Crippen LogP contribution in [0.3, 0.4) is 0 Å². The van der Waals surface area contributed by atoms with E-state index in [1.54, 1.807) is 115 Å². The molecule has 0 heterocycles. The molecule has 8 rings (SSSR count). The van der Waals surface area contributed by atoms with Crippen LogP contribution in [0.4, 0.5) is 0 Å². The van der Waals surface area contributed by atoms with Gasteiger partial charge < -0.3 is 24.2 Å². The summed E-state index contributed by atoms with van der Waals surface area (Å²) >= 11 is 0. The average Bonchev–Trinajstić information content (AvgIpc) is 3.31. The van der Waals surface area contributed by atoms with Crippen molar-refractivity contribution >= 4 is 40.4 Å². The normalized spacial score (nSPS) is 10.2. The smallest absolute Gasteiger partial charge is 0.744 e. The van der Waals surface area contributed by atoms with Crippen molar-refractivity contribution in [3.8, 4) is 56.8 Å². The Bertz CT molecular complexity index is 3380. The summed E-state index contributed by atoms with van der Waals surface area (Å²) in [4.78, 5) is -0.743. The van der Waals surface area contributed by atoms with Crippen molar-refractivity contribution in [2.24, 2.45) is 0 Å². The topological polar surface area (TPSA) is 236 Å². The molecule has 368 valence electrons. The molecule has 0 atom stereocenters. The fourth-order valence-electron chi connectivity index (χ4n) is 6.04. The van der Waals surface area contributed by atoms with Crippen LogP contribution >= 0.6 is 0 Å². The van der Waals surface area contributed by atoms with Crippen molar-refractivity contribution in [3.05, 3.63) is 200 Å². The molecule has 8 aromatic rings. The summed E-state index contributed by atoms with van der Waals surface area (Å²) in [5, 5.41) is 18.8. The number of rotatable bonds is 11. The molecule has 8 aromatic carbocycles. The van der Waals surface area contributed by atoms with E-state index in [4.69, 9.17) is 22.1 Å². The van der Waals surface area contributed by atoms with Crippen LogP contribution in [0.2, 0.25) is 0 Å². The van der Waals surface area contributed by atoms with Gasteiger partial charge in [-0.15, -0.1) is 12.6 Å². The van der Waals surface area contributed by atoms with Crippen LogP contribution in [0.5, 0.6) is 34.5 Å². The molecule has 0 aliphatic rings. The van der Waals surface area contributed by atoms with E-state index in [9.17, 15) is 40.0 Å². The van der Waals surface area contributed by atoms with Crippen LogP contribution in [0, 0.1) is 6.07 Å². The van der Waals surface area contributed by atoms with Crippen molar-refractivity contribution in [1.29, 1.82) is 0 Å². The maximum Gasteiger partial charge on any atom is 1.00 e. The molecule has 0 saturated heterocycles. The van der Waals surface area contributed by atoms with E-state index < -0.39 is 45.3 Å². The zero-order valence-corrected chi connectivity index (χ0v) is 43.2. The van der Waals surface area contributed by atoms with Gasteiger partial charge in [-0.3, -0.25) is 0 Å². The summed E-state index contributed by atoms with van der Waals surface area (Å²) in [5.41, 5.74) is 3.65. The first-order valence-corrected chi connectivity index (χ1v) is 24.4. The van der Waals surface area contributed by atoms with Gasteiger partial charge in [0.25, 0.3) is 0 Å². The van der Waals surface area contributed by atoms with Crippen molar-refractivity contribution < 1.29 is 121 Å². The Hall–Kier alpha value is -5.61. The first kappa shape index (κ1) is 66.4. The fraction of sp³-hybridized carbons (Fsp3) is 0.0769. The third-order valence-electron chi connectivity index (χ3n) is 9.24. The minimum absolute atomic E-state index is 0. The van der Waals surface area contributed by atoms with E-state index >= 15 is 0 Å². The molecule has 0 amide bonds. The fourth-order valence-corrected chi connectivity index (χ4v) is 9.30. The van der Waals surface area contributed by atoms with E-state index in [1.165, 1.54) is 30.3 Å². The summed E-state index contributed by atoms with van der Waals surface area (Å²) < 4.78 is 123. The number of sulfone groups is 2. The third kappa shape index (κ3) is 18.2. The molecule has 0 radical (unpaired) electrons. The number of benzene rings is 8. The molecule has 0 fully saturated rings. The van der Waals surface area contributed by atoms with Gasteiger partial charge in [-0.25, -0.2) is 25.3 Å². The van der Waals surface area contributed by atoms with E-state index in [1.807, 2.05) is 36.4 Å². The molecular weight excluding hydrogens is 1020 g/mol.